The number of benzene rings is 3. The Morgan fingerprint density at radius 1 is 0.977 bits per heavy atom. The van der Waals surface area contributed by atoms with E-state index in [1.54, 1.807) is 7.11 Å². The van der Waals surface area contributed by atoms with Gasteiger partial charge in [0.15, 0.2) is 0 Å². The first-order chi connectivity index (χ1) is 21.2. The van der Waals surface area contributed by atoms with Crippen molar-refractivity contribution < 1.29 is 28.5 Å². The van der Waals surface area contributed by atoms with Gasteiger partial charge in [0, 0.05) is 54.1 Å². The minimum Gasteiger partial charge on any atom is -0.497 e. The molecule has 1 amide bonds. The molecule has 2 aliphatic heterocycles. The Morgan fingerprint density at radius 2 is 1.77 bits per heavy atom. The van der Waals surface area contributed by atoms with Crippen molar-refractivity contribution in [3.8, 4) is 34.4 Å². The normalized spacial score (nSPS) is 14.1. The summed E-state index contributed by atoms with van der Waals surface area (Å²) >= 11 is 0. The third-order valence-corrected chi connectivity index (χ3v) is 7.42. The topological polar surface area (TPSA) is 91.4 Å². The third-order valence-electron chi connectivity index (χ3n) is 7.42. The summed E-state index contributed by atoms with van der Waals surface area (Å²) in [5, 5.41) is 2.80. The fourth-order valence-electron chi connectivity index (χ4n) is 5.27. The number of nitrogens with one attached hydrogen (secondary N) is 1. The van der Waals surface area contributed by atoms with E-state index in [2.05, 4.69) is 22.3 Å². The first kappa shape index (κ1) is 29.3. The molecule has 0 radical (unpaired) electrons. The Hall–Kier alpha value is -4.76. The third kappa shape index (κ3) is 6.89. The highest BCUT2D eigenvalue weighted by Gasteiger charge is 2.24. The molecule has 9 nitrogen and oxygen atoms in total. The highest BCUT2D eigenvalue weighted by atomic mass is 16.6. The number of hydrogen-bond donors (Lipinski definition) is 1. The van der Waals surface area contributed by atoms with Gasteiger partial charge in [-0.25, -0.2) is 9.78 Å². The lowest BCUT2D eigenvalue weighted by Crippen LogP contribution is -2.36. The van der Waals surface area contributed by atoms with Crippen LogP contribution in [0.3, 0.4) is 0 Å². The minimum absolute atomic E-state index is 0.381. The monoisotopic (exact) mass is 595 g/mol. The number of carbonyl (C=O) groups excluding carboxylic acids is 1. The summed E-state index contributed by atoms with van der Waals surface area (Å²) in [5.74, 6) is 2.80. The fraction of sp³-hybridized carbons (Fsp3) is 0.314. The standard InChI is InChI=1S/C35H37N3O6/c1-35(2,3)44-34(39)36-25-11-10-24-18-29-28(6-5-7-31(29)43-32(24)19-25)30-20-26(38-14-16-41-17-15-38)21-33(37-30)42-22-23-8-12-27(40-4)13-9-23/h5-13,19-21H,14-18,22H2,1-4H3,(H,36,39). The molecule has 1 fully saturated rings. The first-order valence-corrected chi connectivity index (χ1v) is 14.8. The van der Waals surface area contributed by atoms with Crippen molar-refractivity contribution in [3.05, 3.63) is 89.5 Å². The molecule has 44 heavy (non-hydrogen) atoms. The second-order valence-corrected chi connectivity index (χ2v) is 11.8. The van der Waals surface area contributed by atoms with Crippen LogP contribution in [0.15, 0.2) is 72.8 Å². The van der Waals surface area contributed by atoms with Gasteiger partial charge in [0.25, 0.3) is 0 Å². The summed E-state index contributed by atoms with van der Waals surface area (Å²) in [5.41, 5.74) is 5.93. The number of fused-ring (bicyclic) bond motifs is 2. The summed E-state index contributed by atoms with van der Waals surface area (Å²) in [6, 6.07) is 23.6. The summed E-state index contributed by atoms with van der Waals surface area (Å²) in [7, 11) is 1.65. The zero-order valence-corrected chi connectivity index (χ0v) is 25.5. The first-order valence-electron chi connectivity index (χ1n) is 14.8. The van der Waals surface area contributed by atoms with Gasteiger partial charge in [0.2, 0.25) is 5.88 Å². The maximum atomic E-state index is 12.3. The molecule has 6 rings (SSSR count). The molecule has 0 atom stereocenters. The molecule has 4 aromatic rings. The Balaban J connectivity index is 1.28. The van der Waals surface area contributed by atoms with E-state index in [1.165, 1.54) is 0 Å². The quantitative estimate of drug-likeness (QED) is 0.211. The lowest BCUT2D eigenvalue weighted by molar-refractivity contribution is 0.0636. The summed E-state index contributed by atoms with van der Waals surface area (Å²) in [6.45, 7) is 8.82. The van der Waals surface area contributed by atoms with Crippen LogP contribution >= 0.6 is 0 Å². The predicted molar refractivity (Wildman–Crippen MR) is 169 cm³/mol. The minimum atomic E-state index is -0.585. The van der Waals surface area contributed by atoms with Crippen molar-refractivity contribution in [1.82, 2.24) is 4.98 Å². The van der Waals surface area contributed by atoms with Gasteiger partial charge in [-0.15, -0.1) is 0 Å². The number of nitrogens with zero attached hydrogens (tertiary/aromatic N) is 2. The fourth-order valence-corrected chi connectivity index (χ4v) is 5.27. The van der Waals surface area contributed by atoms with E-state index in [1.807, 2.05) is 81.4 Å². The van der Waals surface area contributed by atoms with Crippen molar-refractivity contribution in [2.24, 2.45) is 0 Å². The zero-order valence-electron chi connectivity index (χ0n) is 25.5. The van der Waals surface area contributed by atoms with Crippen LogP contribution in [-0.4, -0.2) is 50.1 Å². The van der Waals surface area contributed by atoms with E-state index in [9.17, 15) is 4.79 Å². The molecule has 3 aromatic carbocycles. The van der Waals surface area contributed by atoms with Gasteiger partial charge >= 0.3 is 6.09 Å². The number of ether oxygens (including phenoxy) is 5. The van der Waals surface area contributed by atoms with E-state index in [0.29, 0.717) is 43.6 Å². The van der Waals surface area contributed by atoms with Crippen LogP contribution < -0.4 is 24.4 Å². The SMILES string of the molecule is COc1ccc(COc2cc(N3CCOCC3)cc(-c3cccc4c3Cc3ccc(NC(=O)OC(C)(C)C)cc3O4)n2)cc1. The van der Waals surface area contributed by atoms with Gasteiger partial charge in [0.05, 0.1) is 26.0 Å². The Bertz CT molecular complexity index is 1640. The molecule has 3 heterocycles. The van der Waals surface area contributed by atoms with Gasteiger partial charge < -0.3 is 28.6 Å². The van der Waals surface area contributed by atoms with Crippen LogP contribution in [0.2, 0.25) is 0 Å². The van der Waals surface area contributed by atoms with Crippen LogP contribution in [0, 0.1) is 0 Å². The molecule has 0 aliphatic carbocycles. The van der Waals surface area contributed by atoms with E-state index >= 15 is 0 Å². The van der Waals surface area contributed by atoms with E-state index in [-0.39, 0.29) is 0 Å². The van der Waals surface area contributed by atoms with Gasteiger partial charge in [0.1, 0.15) is 29.5 Å². The van der Waals surface area contributed by atoms with E-state index in [0.717, 1.165) is 58.2 Å². The maximum Gasteiger partial charge on any atom is 0.412 e. The molecule has 9 heteroatoms. The second-order valence-electron chi connectivity index (χ2n) is 11.8. The number of rotatable bonds is 7. The number of amides is 1. The zero-order chi connectivity index (χ0) is 30.7. The Kier molecular flexibility index (Phi) is 8.30. The van der Waals surface area contributed by atoms with Gasteiger partial charge in [-0.1, -0.05) is 30.3 Å². The number of carbonyl (C=O) groups is 1. The average Bonchev–Trinajstić information content (AvgIpc) is 3.02. The molecule has 2 aliphatic rings. The highest BCUT2D eigenvalue weighted by Crippen LogP contribution is 2.43. The Labute approximate surface area is 257 Å². The number of methoxy groups -OCH3 is 1. The molecule has 1 aromatic heterocycles. The summed E-state index contributed by atoms with van der Waals surface area (Å²) in [4.78, 5) is 19.6. The van der Waals surface area contributed by atoms with Crippen LogP contribution in [-0.2, 0) is 22.5 Å². The van der Waals surface area contributed by atoms with Crippen molar-refractivity contribution in [2.75, 3.05) is 43.6 Å². The van der Waals surface area contributed by atoms with Crippen LogP contribution in [0.1, 0.15) is 37.5 Å². The number of pyridine rings is 1. The molecule has 0 unspecified atom stereocenters. The lowest BCUT2D eigenvalue weighted by atomic mass is 9.93. The van der Waals surface area contributed by atoms with Gasteiger partial charge in [-0.2, -0.15) is 0 Å². The molecule has 228 valence electrons. The number of anilines is 2. The van der Waals surface area contributed by atoms with Crippen molar-refractivity contribution in [1.29, 1.82) is 0 Å². The van der Waals surface area contributed by atoms with Crippen molar-refractivity contribution >= 4 is 17.5 Å². The van der Waals surface area contributed by atoms with Crippen molar-refractivity contribution in [3.63, 3.8) is 0 Å². The lowest BCUT2D eigenvalue weighted by Gasteiger charge is -2.29. The van der Waals surface area contributed by atoms with Crippen LogP contribution in [0.4, 0.5) is 16.2 Å². The molecule has 1 N–H and O–H groups in total. The summed E-state index contributed by atoms with van der Waals surface area (Å²) in [6.07, 6.45) is 0.145. The highest BCUT2D eigenvalue weighted by molar-refractivity contribution is 5.85. The molecule has 0 saturated carbocycles. The second kappa shape index (κ2) is 12.5. The number of hydrogen-bond acceptors (Lipinski definition) is 8. The smallest absolute Gasteiger partial charge is 0.412 e. The molecular weight excluding hydrogens is 558 g/mol. The average molecular weight is 596 g/mol. The van der Waals surface area contributed by atoms with Gasteiger partial charge in [-0.3, -0.25) is 5.32 Å². The molecule has 0 bridgehead atoms. The predicted octanol–water partition coefficient (Wildman–Crippen LogP) is 7.22. The number of morpholine rings is 1. The number of aromatic nitrogens is 1. The van der Waals surface area contributed by atoms with Gasteiger partial charge in [-0.05, 0) is 62.2 Å². The van der Waals surface area contributed by atoms with Crippen LogP contribution in [0.25, 0.3) is 11.3 Å². The largest absolute Gasteiger partial charge is 0.497 e. The summed E-state index contributed by atoms with van der Waals surface area (Å²) < 4.78 is 28.9. The molecule has 0 spiro atoms. The maximum absolute atomic E-state index is 12.3. The molecule has 1 saturated heterocycles. The van der Waals surface area contributed by atoms with Crippen molar-refractivity contribution in [2.45, 2.75) is 39.4 Å². The van der Waals surface area contributed by atoms with E-state index in [4.69, 9.17) is 28.7 Å². The van der Waals surface area contributed by atoms with E-state index < -0.39 is 11.7 Å². The molecular formula is C35H37N3O6. The Morgan fingerprint density at radius 3 is 2.52 bits per heavy atom. The van der Waals surface area contributed by atoms with Crippen LogP contribution in [0.5, 0.6) is 23.1 Å².